The molecule has 0 saturated heterocycles. The van der Waals surface area contributed by atoms with Gasteiger partial charge < -0.3 is 18.9 Å². The van der Waals surface area contributed by atoms with E-state index in [1.54, 1.807) is 0 Å². The number of carbonyl (C=O) groups is 1. The topological polar surface area (TPSA) is 91.3 Å². The second-order valence-electron chi connectivity index (χ2n) is 16.0. The summed E-state index contributed by atoms with van der Waals surface area (Å²) in [7, 11) is 1.65. The van der Waals surface area contributed by atoms with Gasteiger partial charge in [0.2, 0.25) is 0 Å². The first kappa shape index (κ1) is 54.2. The standard InChI is InChI=1S/C47H86NO7P/c1-6-8-10-12-14-16-18-20-21-22-23-24-25-26-27-28-30-32-34-36-38-40-47(49)55-46(45-54-56(50,51)53-43-41-48(3,4)5)44-52-42-39-37-35-33-31-29-19-17-15-13-11-9-7-2/h8,10,14-17,20-21,23-24,46H,6-7,9,11-13,18-19,22,25-45H2,1-5H3/p+1/b10-8-,16-14-,17-15-,21-20-,24-23-. The van der Waals surface area contributed by atoms with Crippen LogP contribution in [-0.4, -0.2) is 75.6 Å². The quantitative estimate of drug-likeness (QED) is 0.0216. The number of likely N-dealkylation sites (N-methyl/N-ethyl adjacent to an activating group) is 1. The Hall–Kier alpha value is -1.80. The SMILES string of the molecule is CC/C=C\C/C=C\C/C=C\C/C=C\CCCCCCCCCCC(=O)OC(COCCCCCCCC/C=C\CCCCC)COP(=O)(O)OCC[N+](C)(C)C. The molecule has 0 radical (unpaired) electrons. The zero-order valence-corrected chi connectivity index (χ0v) is 37.7. The molecule has 0 aromatic carbocycles. The average molecular weight is 809 g/mol. The van der Waals surface area contributed by atoms with Crippen LogP contribution in [0.3, 0.4) is 0 Å². The Labute approximate surface area is 345 Å². The summed E-state index contributed by atoms with van der Waals surface area (Å²) in [5.41, 5.74) is 0. The molecule has 0 aliphatic carbocycles. The van der Waals surface area contributed by atoms with Crippen LogP contribution in [0.4, 0.5) is 0 Å². The van der Waals surface area contributed by atoms with E-state index in [-0.39, 0.29) is 25.8 Å². The third-order valence-corrected chi connectivity index (χ3v) is 10.3. The molecule has 0 saturated carbocycles. The van der Waals surface area contributed by atoms with E-state index in [4.69, 9.17) is 18.5 Å². The molecule has 0 spiro atoms. The van der Waals surface area contributed by atoms with Crippen LogP contribution in [0.1, 0.15) is 174 Å². The van der Waals surface area contributed by atoms with Gasteiger partial charge in [0.15, 0.2) is 0 Å². The van der Waals surface area contributed by atoms with E-state index in [2.05, 4.69) is 74.6 Å². The molecule has 0 rings (SSSR count). The monoisotopic (exact) mass is 809 g/mol. The van der Waals surface area contributed by atoms with Crippen molar-refractivity contribution in [2.75, 3.05) is 54.1 Å². The largest absolute Gasteiger partial charge is 0.472 e. The lowest BCUT2D eigenvalue weighted by Crippen LogP contribution is -2.37. The molecule has 8 nitrogen and oxygen atoms in total. The van der Waals surface area contributed by atoms with E-state index < -0.39 is 13.9 Å². The van der Waals surface area contributed by atoms with E-state index in [1.807, 2.05) is 21.1 Å². The van der Waals surface area contributed by atoms with Crippen molar-refractivity contribution in [3.8, 4) is 0 Å². The van der Waals surface area contributed by atoms with E-state index in [9.17, 15) is 14.3 Å². The maximum Gasteiger partial charge on any atom is 0.472 e. The normalized spacial score (nSPS) is 14.3. The van der Waals surface area contributed by atoms with Crippen LogP contribution in [0.2, 0.25) is 0 Å². The highest BCUT2D eigenvalue weighted by Crippen LogP contribution is 2.43. The van der Waals surface area contributed by atoms with Crippen LogP contribution in [0, 0.1) is 0 Å². The Morgan fingerprint density at radius 2 is 1.04 bits per heavy atom. The summed E-state index contributed by atoms with van der Waals surface area (Å²) in [6.45, 7) is 5.46. The highest BCUT2D eigenvalue weighted by Gasteiger charge is 2.26. The molecular formula is C47H87NO7P+. The summed E-state index contributed by atoms with van der Waals surface area (Å²) >= 11 is 0. The summed E-state index contributed by atoms with van der Waals surface area (Å²) in [6.07, 6.45) is 49.6. The highest BCUT2D eigenvalue weighted by molar-refractivity contribution is 7.47. The van der Waals surface area contributed by atoms with Gasteiger partial charge >= 0.3 is 13.8 Å². The molecule has 0 aromatic rings. The van der Waals surface area contributed by atoms with Crippen molar-refractivity contribution in [2.24, 2.45) is 0 Å². The minimum Gasteiger partial charge on any atom is -0.457 e. The van der Waals surface area contributed by atoms with E-state index in [0.29, 0.717) is 24.1 Å². The van der Waals surface area contributed by atoms with Gasteiger partial charge in [-0.1, -0.05) is 152 Å². The lowest BCUT2D eigenvalue weighted by molar-refractivity contribution is -0.870. The number of esters is 1. The first-order chi connectivity index (χ1) is 27.1. The van der Waals surface area contributed by atoms with Crippen LogP contribution in [0.15, 0.2) is 60.8 Å². The Bertz CT molecular complexity index is 1080. The van der Waals surface area contributed by atoms with Crippen LogP contribution in [0.5, 0.6) is 0 Å². The number of phosphoric acid groups is 1. The summed E-state index contributed by atoms with van der Waals surface area (Å²) < 4.78 is 35.0. The predicted molar refractivity (Wildman–Crippen MR) is 238 cm³/mol. The Morgan fingerprint density at radius 1 is 0.571 bits per heavy atom. The van der Waals surface area contributed by atoms with E-state index in [1.165, 1.54) is 89.9 Å². The van der Waals surface area contributed by atoms with Gasteiger partial charge in [0.1, 0.15) is 19.3 Å². The summed E-state index contributed by atoms with van der Waals surface area (Å²) in [5.74, 6) is -0.326. The third-order valence-electron chi connectivity index (χ3n) is 9.31. The molecule has 0 aliphatic rings. The van der Waals surface area contributed by atoms with Gasteiger partial charge in [-0.15, -0.1) is 0 Å². The maximum absolute atomic E-state index is 12.7. The molecule has 0 bridgehead atoms. The zero-order valence-electron chi connectivity index (χ0n) is 36.9. The van der Waals surface area contributed by atoms with Gasteiger partial charge in [0.05, 0.1) is 34.4 Å². The number of ether oxygens (including phenoxy) is 2. The van der Waals surface area contributed by atoms with Crippen molar-refractivity contribution in [3.63, 3.8) is 0 Å². The molecule has 2 unspecified atom stereocenters. The molecule has 0 aliphatic heterocycles. The second-order valence-corrected chi connectivity index (χ2v) is 17.5. The number of hydrogen-bond donors (Lipinski definition) is 1. The Morgan fingerprint density at radius 3 is 1.57 bits per heavy atom. The second kappa shape index (κ2) is 40.0. The van der Waals surface area contributed by atoms with Crippen LogP contribution >= 0.6 is 7.82 Å². The van der Waals surface area contributed by atoms with Crippen LogP contribution in [-0.2, 0) is 27.9 Å². The smallest absolute Gasteiger partial charge is 0.457 e. The molecule has 326 valence electrons. The molecule has 1 N–H and O–H groups in total. The van der Waals surface area contributed by atoms with Crippen LogP contribution < -0.4 is 0 Å². The number of rotatable bonds is 41. The number of unbranched alkanes of at least 4 members (excludes halogenated alkanes) is 17. The van der Waals surface area contributed by atoms with Crippen molar-refractivity contribution < 1.29 is 37.3 Å². The van der Waals surface area contributed by atoms with Gasteiger partial charge in [0, 0.05) is 13.0 Å². The van der Waals surface area contributed by atoms with E-state index >= 15 is 0 Å². The van der Waals surface area contributed by atoms with Crippen molar-refractivity contribution >= 4 is 13.8 Å². The fourth-order valence-corrected chi connectivity index (χ4v) is 6.57. The van der Waals surface area contributed by atoms with Crippen molar-refractivity contribution in [1.29, 1.82) is 0 Å². The lowest BCUT2D eigenvalue weighted by atomic mass is 10.1. The highest BCUT2D eigenvalue weighted by atomic mass is 31.2. The first-order valence-corrected chi connectivity index (χ1v) is 24.0. The molecule has 0 amide bonds. The fraction of sp³-hybridized carbons (Fsp3) is 0.766. The number of carbonyl (C=O) groups excluding carboxylic acids is 1. The molecule has 0 fully saturated rings. The summed E-state index contributed by atoms with van der Waals surface area (Å²) in [6, 6.07) is 0. The number of allylic oxidation sites excluding steroid dienone is 10. The van der Waals surface area contributed by atoms with Crippen molar-refractivity contribution in [1.82, 2.24) is 0 Å². The zero-order chi connectivity index (χ0) is 41.3. The van der Waals surface area contributed by atoms with Crippen LogP contribution in [0.25, 0.3) is 0 Å². The molecular weight excluding hydrogens is 721 g/mol. The number of nitrogens with zero attached hydrogens (tertiary/aromatic N) is 1. The molecule has 0 aromatic heterocycles. The minimum atomic E-state index is -4.28. The fourth-order valence-electron chi connectivity index (χ4n) is 5.83. The van der Waals surface area contributed by atoms with Gasteiger partial charge in [-0.05, 0) is 77.0 Å². The van der Waals surface area contributed by atoms with Crippen molar-refractivity contribution in [3.05, 3.63) is 60.8 Å². The predicted octanol–water partition coefficient (Wildman–Crippen LogP) is 13.3. The number of quaternary nitrogens is 1. The summed E-state index contributed by atoms with van der Waals surface area (Å²) in [4.78, 5) is 22.9. The van der Waals surface area contributed by atoms with Gasteiger partial charge in [-0.25, -0.2) is 4.57 Å². The van der Waals surface area contributed by atoms with Gasteiger partial charge in [-0.2, -0.15) is 0 Å². The van der Waals surface area contributed by atoms with Crippen molar-refractivity contribution in [2.45, 2.75) is 180 Å². The van der Waals surface area contributed by atoms with Gasteiger partial charge in [-0.3, -0.25) is 13.8 Å². The Kier molecular flexibility index (Phi) is 38.7. The van der Waals surface area contributed by atoms with E-state index in [0.717, 1.165) is 64.2 Å². The Balaban J connectivity index is 4.22. The summed E-state index contributed by atoms with van der Waals surface area (Å²) in [5, 5.41) is 0. The maximum atomic E-state index is 12.7. The van der Waals surface area contributed by atoms with Gasteiger partial charge in [0.25, 0.3) is 0 Å². The number of phosphoric ester groups is 1. The lowest BCUT2D eigenvalue weighted by Gasteiger charge is -2.24. The average Bonchev–Trinajstić information content (AvgIpc) is 3.15. The minimum absolute atomic E-state index is 0.0833. The first-order valence-electron chi connectivity index (χ1n) is 22.5. The molecule has 56 heavy (non-hydrogen) atoms. The molecule has 2 atom stereocenters. The number of hydrogen-bond acceptors (Lipinski definition) is 6. The molecule has 9 heteroatoms. The molecule has 0 heterocycles. The third kappa shape index (κ3) is 43.3.